The van der Waals surface area contributed by atoms with Gasteiger partial charge >= 0.3 is 0 Å². The van der Waals surface area contributed by atoms with Gasteiger partial charge in [0.25, 0.3) is 5.92 Å². The van der Waals surface area contributed by atoms with Crippen molar-refractivity contribution >= 4 is 11.6 Å². The summed E-state index contributed by atoms with van der Waals surface area (Å²) < 4.78 is 25.6. The zero-order valence-electron chi connectivity index (χ0n) is 9.87. The molecular weight excluding hydrogens is 260 g/mol. The molecule has 1 aromatic carbocycles. The highest BCUT2D eigenvalue weighted by Crippen LogP contribution is 2.39. The maximum atomic E-state index is 12.8. The summed E-state index contributed by atoms with van der Waals surface area (Å²) in [6.07, 6.45) is 1.62. The fraction of sp³-hybridized carbons (Fsp3) is 0.538. The van der Waals surface area contributed by atoms with Gasteiger partial charge in [0.2, 0.25) is 0 Å². The number of halogens is 3. The van der Waals surface area contributed by atoms with Crippen LogP contribution in [0.5, 0.6) is 0 Å². The van der Waals surface area contributed by atoms with Gasteiger partial charge in [-0.25, -0.2) is 8.78 Å². The molecule has 0 atom stereocenters. The van der Waals surface area contributed by atoms with Crippen molar-refractivity contribution in [3.05, 3.63) is 34.9 Å². The molecule has 0 amide bonds. The van der Waals surface area contributed by atoms with Crippen molar-refractivity contribution in [2.75, 3.05) is 13.2 Å². The second kappa shape index (κ2) is 5.51. The molecule has 100 valence electrons. The fourth-order valence-electron chi connectivity index (χ4n) is 2.19. The number of hydrogen-bond acceptors (Lipinski definition) is 2. The summed E-state index contributed by atoms with van der Waals surface area (Å²) in [5, 5.41) is 12.0. The molecule has 1 aliphatic carbocycles. The van der Waals surface area contributed by atoms with Crippen LogP contribution in [0.15, 0.2) is 24.3 Å². The molecule has 5 heteroatoms. The highest BCUT2D eigenvalue weighted by atomic mass is 35.5. The van der Waals surface area contributed by atoms with Gasteiger partial charge in [0.1, 0.15) is 6.61 Å². The predicted octanol–water partition coefficient (Wildman–Crippen LogP) is 2.80. The van der Waals surface area contributed by atoms with Crippen LogP contribution in [-0.4, -0.2) is 30.2 Å². The van der Waals surface area contributed by atoms with Crippen LogP contribution in [0.1, 0.15) is 24.3 Å². The third-order valence-corrected chi connectivity index (χ3v) is 3.71. The molecule has 0 bridgehead atoms. The number of rotatable bonds is 5. The van der Waals surface area contributed by atoms with Crippen molar-refractivity contribution in [1.29, 1.82) is 0 Å². The largest absolute Gasteiger partial charge is 0.390 e. The lowest BCUT2D eigenvalue weighted by Gasteiger charge is -2.37. The van der Waals surface area contributed by atoms with E-state index in [2.05, 4.69) is 5.32 Å². The smallest absolute Gasteiger partial charge is 0.282 e. The van der Waals surface area contributed by atoms with Crippen LogP contribution in [0, 0.1) is 0 Å². The van der Waals surface area contributed by atoms with E-state index in [1.807, 2.05) is 24.3 Å². The average molecular weight is 276 g/mol. The van der Waals surface area contributed by atoms with Crippen molar-refractivity contribution in [2.45, 2.75) is 30.7 Å². The van der Waals surface area contributed by atoms with Gasteiger partial charge < -0.3 is 10.4 Å². The number of alkyl halides is 2. The third-order valence-electron chi connectivity index (χ3n) is 3.36. The standard InChI is InChI=1S/C13H16ClF2NO/c14-12-4-2-1-3-11(12)9-5-10(6-9)17-7-13(15,16)8-18/h1-4,9-10,17-18H,5-8H2. The predicted molar refractivity (Wildman–Crippen MR) is 67.3 cm³/mol. The van der Waals surface area contributed by atoms with Gasteiger partial charge in [-0.3, -0.25) is 0 Å². The molecule has 0 spiro atoms. The van der Waals surface area contributed by atoms with Gasteiger partial charge in [-0.1, -0.05) is 29.8 Å². The van der Waals surface area contributed by atoms with E-state index < -0.39 is 19.1 Å². The number of hydrogen-bond donors (Lipinski definition) is 2. The minimum absolute atomic E-state index is 0.0868. The number of aliphatic hydroxyl groups is 1. The maximum absolute atomic E-state index is 12.8. The van der Waals surface area contributed by atoms with Crippen molar-refractivity contribution in [1.82, 2.24) is 5.32 Å². The molecule has 0 aliphatic heterocycles. The third kappa shape index (κ3) is 3.19. The van der Waals surface area contributed by atoms with Crippen molar-refractivity contribution in [2.24, 2.45) is 0 Å². The van der Waals surface area contributed by atoms with E-state index in [0.29, 0.717) is 5.92 Å². The molecule has 1 aromatic rings. The topological polar surface area (TPSA) is 32.3 Å². The van der Waals surface area contributed by atoms with Gasteiger partial charge in [0.05, 0.1) is 6.54 Å². The molecule has 0 heterocycles. The van der Waals surface area contributed by atoms with E-state index in [1.54, 1.807) is 0 Å². The molecule has 2 rings (SSSR count). The molecule has 1 aliphatic rings. The highest BCUT2D eigenvalue weighted by molar-refractivity contribution is 6.31. The first kappa shape index (κ1) is 13.7. The van der Waals surface area contributed by atoms with Crippen molar-refractivity contribution < 1.29 is 13.9 Å². The summed E-state index contributed by atoms with van der Waals surface area (Å²) in [4.78, 5) is 0. The Balaban J connectivity index is 1.79. The number of aliphatic hydroxyl groups excluding tert-OH is 1. The monoisotopic (exact) mass is 275 g/mol. The van der Waals surface area contributed by atoms with Crippen LogP contribution in [0.4, 0.5) is 8.78 Å². The first-order chi connectivity index (χ1) is 8.52. The zero-order chi connectivity index (χ0) is 13.2. The van der Waals surface area contributed by atoms with Crippen LogP contribution in [-0.2, 0) is 0 Å². The van der Waals surface area contributed by atoms with E-state index in [0.717, 1.165) is 23.4 Å². The first-order valence-corrected chi connectivity index (χ1v) is 6.36. The molecule has 0 aromatic heterocycles. The van der Waals surface area contributed by atoms with E-state index in [1.165, 1.54) is 0 Å². The summed E-state index contributed by atoms with van der Waals surface area (Å²) in [7, 11) is 0. The van der Waals surface area contributed by atoms with Gasteiger partial charge in [0.15, 0.2) is 0 Å². The highest BCUT2D eigenvalue weighted by Gasteiger charge is 2.34. The SMILES string of the molecule is OCC(F)(F)CNC1CC(c2ccccc2Cl)C1. The molecular formula is C13H16ClF2NO. The van der Waals surface area contributed by atoms with Gasteiger partial charge in [0, 0.05) is 11.1 Å². The Hall–Kier alpha value is -0.710. The van der Waals surface area contributed by atoms with Crippen LogP contribution in [0.25, 0.3) is 0 Å². The van der Waals surface area contributed by atoms with E-state index in [9.17, 15) is 8.78 Å². The number of benzene rings is 1. The summed E-state index contributed by atoms with van der Waals surface area (Å²) in [5.41, 5.74) is 1.09. The molecule has 1 fully saturated rings. The minimum Gasteiger partial charge on any atom is -0.390 e. The second-order valence-electron chi connectivity index (χ2n) is 4.78. The van der Waals surface area contributed by atoms with Crippen LogP contribution in [0.2, 0.25) is 5.02 Å². The molecule has 0 saturated heterocycles. The Morgan fingerprint density at radius 1 is 1.33 bits per heavy atom. The van der Waals surface area contributed by atoms with Gasteiger partial charge in [-0.15, -0.1) is 0 Å². The van der Waals surface area contributed by atoms with Gasteiger partial charge in [-0.05, 0) is 30.4 Å². The molecule has 1 saturated carbocycles. The fourth-order valence-corrected chi connectivity index (χ4v) is 2.48. The van der Waals surface area contributed by atoms with E-state index >= 15 is 0 Å². The summed E-state index contributed by atoms with van der Waals surface area (Å²) >= 11 is 6.08. The normalized spacial score (nSPS) is 23.8. The zero-order valence-corrected chi connectivity index (χ0v) is 10.6. The molecule has 0 unspecified atom stereocenters. The average Bonchev–Trinajstić information content (AvgIpc) is 2.29. The minimum atomic E-state index is -3.03. The second-order valence-corrected chi connectivity index (χ2v) is 5.19. The Kier molecular flexibility index (Phi) is 4.20. The lowest BCUT2D eigenvalue weighted by molar-refractivity contribution is -0.0512. The lowest BCUT2D eigenvalue weighted by atomic mass is 9.76. The Morgan fingerprint density at radius 3 is 2.61 bits per heavy atom. The summed E-state index contributed by atoms with van der Waals surface area (Å²) in [5.74, 6) is -2.69. The maximum Gasteiger partial charge on any atom is 0.282 e. The molecule has 2 nitrogen and oxygen atoms in total. The van der Waals surface area contributed by atoms with Crippen LogP contribution < -0.4 is 5.32 Å². The van der Waals surface area contributed by atoms with Gasteiger partial charge in [-0.2, -0.15) is 0 Å². The first-order valence-electron chi connectivity index (χ1n) is 5.98. The van der Waals surface area contributed by atoms with E-state index in [4.69, 9.17) is 16.7 Å². The Bertz CT molecular complexity index is 408. The quantitative estimate of drug-likeness (QED) is 0.866. The van der Waals surface area contributed by atoms with E-state index in [-0.39, 0.29) is 6.04 Å². The molecule has 2 N–H and O–H groups in total. The van der Waals surface area contributed by atoms with Crippen molar-refractivity contribution in [3.63, 3.8) is 0 Å². The summed E-state index contributed by atoms with van der Waals surface area (Å²) in [6, 6.07) is 7.72. The molecule has 0 radical (unpaired) electrons. The molecule has 18 heavy (non-hydrogen) atoms. The van der Waals surface area contributed by atoms with Crippen molar-refractivity contribution in [3.8, 4) is 0 Å². The lowest BCUT2D eigenvalue weighted by Crippen LogP contribution is -2.46. The Labute approximate surface area is 110 Å². The Morgan fingerprint density at radius 2 is 2.00 bits per heavy atom. The van der Waals surface area contributed by atoms with Crippen LogP contribution in [0.3, 0.4) is 0 Å². The summed E-state index contributed by atoms with van der Waals surface area (Å²) in [6.45, 7) is -1.58. The van der Waals surface area contributed by atoms with Crippen LogP contribution >= 0.6 is 11.6 Å². The number of nitrogens with one attached hydrogen (secondary N) is 1.